The van der Waals surface area contributed by atoms with E-state index in [1.807, 2.05) is 12.1 Å². The van der Waals surface area contributed by atoms with Crippen molar-refractivity contribution in [1.29, 1.82) is 0 Å². The summed E-state index contributed by atoms with van der Waals surface area (Å²) in [5.74, 6) is 0. The first-order valence-electron chi connectivity index (χ1n) is 8.13. The average molecular weight is 325 g/mol. The van der Waals surface area contributed by atoms with Gasteiger partial charge in [-0.3, -0.25) is 0 Å². The molecule has 0 bridgehead atoms. The molecule has 1 aliphatic rings. The molecule has 0 spiro atoms. The van der Waals surface area contributed by atoms with Crippen LogP contribution in [0.1, 0.15) is 11.1 Å². The zero-order valence-corrected chi connectivity index (χ0v) is 14.2. The van der Waals surface area contributed by atoms with Crippen LogP contribution >= 0.6 is 0 Å². The van der Waals surface area contributed by atoms with E-state index >= 15 is 0 Å². The van der Waals surface area contributed by atoms with Gasteiger partial charge in [-0.15, -0.1) is 0 Å². The van der Waals surface area contributed by atoms with Crippen molar-refractivity contribution in [2.24, 2.45) is 0 Å². The zero-order chi connectivity index (χ0) is 16.9. The highest BCUT2D eigenvalue weighted by Crippen LogP contribution is 2.20. The van der Waals surface area contributed by atoms with Crippen molar-refractivity contribution in [2.45, 2.75) is 13.1 Å². The highest BCUT2D eigenvalue weighted by atomic mass is 16.6. The molecule has 3 rings (SSSR count). The Bertz CT molecular complexity index is 698. The Labute approximate surface area is 142 Å². The SMILES string of the molecule is CN(C)c1ccccc1CNc1ccc(CN2CCOC2=O)cc1. The molecule has 126 valence electrons. The van der Waals surface area contributed by atoms with E-state index in [4.69, 9.17) is 4.74 Å². The number of hydrogen-bond acceptors (Lipinski definition) is 4. The largest absolute Gasteiger partial charge is 0.448 e. The molecule has 24 heavy (non-hydrogen) atoms. The van der Waals surface area contributed by atoms with Gasteiger partial charge in [-0.25, -0.2) is 4.79 Å². The number of ether oxygens (including phenoxy) is 1. The van der Waals surface area contributed by atoms with Crippen molar-refractivity contribution in [3.63, 3.8) is 0 Å². The minimum absolute atomic E-state index is 0.225. The highest BCUT2D eigenvalue weighted by Gasteiger charge is 2.21. The predicted octanol–water partition coefficient (Wildman–Crippen LogP) is 3.32. The Morgan fingerprint density at radius 2 is 1.88 bits per heavy atom. The molecule has 5 heteroatoms. The molecule has 0 aromatic heterocycles. The number of rotatable bonds is 6. The molecule has 1 amide bonds. The number of nitrogens with one attached hydrogen (secondary N) is 1. The molecule has 0 radical (unpaired) electrons. The summed E-state index contributed by atoms with van der Waals surface area (Å²) in [6, 6.07) is 16.6. The van der Waals surface area contributed by atoms with E-state index in [0.717, 1.165) is 17.8 Å². The second kappa shape index (κ2) is 7.25. The standard InChI is InChI=1S/C19H23N3O2/c1-21(2)18-6-4-3-5-16(18)13-20-17-9-7-15(8-10-17)14-22-11-12-24-19(22)23/h3-10,20H,11-14H2,1-2H3. The molecule has 1 fully saturated rings. The summed E-state index contributed by atoms with van der Waals surface area (Å²) in [5.41, 5.74) is 4.64. The summed E-state index contributed by atoms with van der Waals surface area (Å²) in [5, 5.41) is 3.45. The van der Waals surface area contributed by atoms with Crippen LogP contribution in [0.25, 0.3) is 0 Å². The van der Waals surface area contributed by atoms with Gasteiger partial charge in [0.05, 0.1) is 6.54 Å². The van der Waals surface area contributed by atoms with Crippen molar-refractivity contribution in [3.8, 4) is 0 Å². The second-order valence-corrected chi connectivity index (χ2v) is 6.11. The van der Waals surface area contributed by atoms with Gasteiger partial charge >= 0.3 is 6.09 Å². The van der Waals surface area contributed by atoms with Gasteiger partial charge in [0.25, 0.3) is 0 Å². The van der Waals surface area contributed by atoms with Gasteiger partial charge in [0.15, 0.2) is 0 Å². The molecule has 0 aliphatic carbocycles. The van der Waals surface area contributed by atoms with Gasteiger partial charge in [-0.05, 0) is 29.3 Å². The quantitative estimate of drug-likeness (QED) is 0.885. The van der Waals surface area contributed by atoms with Crippen LogP contribution < -0.4 is 10.2 Å². The summed E-state index contributed by atoms with van der Waals surface area (Å²) < 4.78 is 4.95. The predicted molar refractivity (Wildman–Crippen MR) is 96.3 cm³/mol. The molecular formula is C19H23N3O2. The van der Waals surface area contributed by atoms with E-state index in [-0.39, 0.29) is 6.09 Å². The summed E-state index contributed by atoms with van der Waals surface area (Å²) in [6.45, 7) is 2.53. The lowest BCUT2D eigenvalue weighted by atomic mass is 10.1. The Kier molecular flexibility index (Phi) is 4.89. The van der Waals surface area contributed by atoms with Crippen LogP contribution in [-0.4, -0.2) is 38.2 Å². The second-order valence-electron chi connectivity index (χ2n) is 6.11. The third kappa shape index (κ3) is 3.79. The number of para-hydroxylation sites is 1. The van der Waals surface area contributed by atoms with Gasteiger partial charge in [-0.1, -0.05) is 30.3 Å². The summed E-state index contributed by atoms with van der Waals surface area (Å²) in [6.07, 6.45) is -0.225. The maximum Gasteiger partial charge on any atom is 0.410 e. The smallest absolute Gasteiger partial charge is 0.410 e. The van der Waals surface area contributed by atoms with Crippen LogP contribution in [0.4, 0.5) is 16.2 Å². The summed E-state index contributed by atoms with van der Waals surface area (Å²) in [7, 11) is 4.11. The van der Waals surface area contributed by atoms with Crippen LogP contribution in [0.3, 0.4) is 0 Å². The Hall–Kier alpha value is -2.69. The first-order chi connectivity index (χ1) is 11.6. The van der Waals surface area contributed by atoms with Crippen LogP contribution in [0.5, 0.6) is 0 Å². The number of nitrogens with zero attached hydrogens (tertiary/aromatic N) is 2. The van der Waals surface area contributed by atoms with Crippen LogP contribution in [0.15, 0.2) is 48.5 Å². The third-order valence-electron chi connectivity index (χ3n) is 4.13. The van der Waals surface area contributed by atoms with E-state index in [9.17, 15) is 4.79 Å². The van der Waals surface area contributed by atoms with E-state index < -0.39 is 0 Å². The van der Waals surface area contributed by atoms with Crippen molar-refractivity contribution >= 4 is 17.5 Å². The topological polar surface area (TPSA) is 44.8 Å². The molecule has 2 aromatic rings. The van der Waals surface area contributed by atoms with E-state index in [0.29, 0.717) is 19.7 Å². The molecule has 1 N–H and O–H groups in total. The van der Waals surface area contributed by atoms with Crippen molar-refractivity contribution in [1.82, 2.24) is 4.90 Å². The minimum Gasteiger partial charge on any atom is -0.448 e. The number of benzene rings is 2. The lowest BCUT2D eigenvalue weighted by molar-refractivity contribution is 0.157. The van der Waals surface area contributed by atoms with Gasteiger partial charge < -0.3 is 19.9 Å². The van der Waals surface area contributed by atoms with Crippen LogP contribution in [0, 0.1) is 0 Å². The fourth-order valence-electron chi connectivity index (χ4n) is 2.81. The minimum atomic E-state index is -0.225. The average Bonchev–Trinajstić information content (AvgIpc) is 2.99. The van der Waals surface area contributed by atoms with Crippen LogP contribution in [0.2, 0.25) is 0 Å². The number of carbonyl (C=O) groups excluding carboxylic acids is 1. The first-order valence-corrected chi connectivity index (χ1v) is 8.13. The fourth-order valence-corrected chi connectivity index (χ4v) is 2.81. The molecule has 0 atom stereocenters. The van der Waals surface area contributed by atoms with E-state index in [2.05, 4.69) is 60.7 Å². The van der Waals surface area contributed by atoms with Gasteiger partial charge in [0.1, 0.15) is 6.61 Å². The molecule has 5 nitrogen and oxygen atoms in total. The van der Waals surface area contributed by atoms with E-state index in [1.165, 1.54) is 11.3 Å². The molecule has 0 saturated carbocycles. The number of amides is 1. The Morgan fingerprint density at radius 1 is 1.12 bits per heavy atom. The summed E-state index contributed by atoms with van der Waals surface area (Å²) in [4.78, 5) is 15.3. The zero-order valence-electron chi connectivity index (χ0n) is 14.2. The van der Waals surface area contributed by atoms with Crippen molar-refractivity contribution < 1.29 is 9.53 Å². The fraction of sp³-hybridized carbons (Fsp3) is 0.316. The number of hydrogen-bond donors (Lipinski definition) is 1. The summed E-state index contributed by atoms with van der Waals surface area (Å²) >= 11 is 0. The molecule has 2 aromatic carbocycles. The number of cyclic esters (lactones) is 1. The van der Waals surface area contributed by atoms with Gasteiger partial charge in [0.2, 0.25) is 0 Å². The van der Waals surface area contributed by atoms with Gasteiger partial charge in [0, 0.05) is 38.6 Å². The maximum atomic E-state index is 11.5. The molecule has 1 saturated heterocycles. The third-order valence-corrected chi connectivity index (χ3v) is 4.13. The van der Waals surface area contributed by atoms with Gasteiger partial charge in [-0.2, -0.15) is 0 Å². The molecule has 0 unspecified atom stereocenters. The van der Waals surface area contributed by atoms with Crippen molar-refractivity contribution in [2.75, 3.05) is 37.5 Å². The van der Waals surface area contributed by atoms with Crippen molar-refractivity contribution in [3.05, 3.63) is 59.7 Å². The Balaban J connectivity index is 1.59. The molecule has 1 heterocycles. The molecule has 1 aliphatic heterocycles. The lowest BCUT2D eigenvalue weighted by Gasteiger charge is -2.18. The number of carbonyl (C=O) groups is 1. The Morgan fingerprint density at radius 3 is 2.54 bits per heavy atom. The molecular weight excluding hydrogens is 302 g/mol. The maximum absolute atomic E-state index is 11.5. The highest BCUT2D eigenvalue weighted by molar-refractivity contribution is 5.69. The van der Waals surface area contributed by atoms with E-state index in [1.54, 1.807) is 4.90 Å². The normalized spacial score (nSPS) is 13.8. The first kappa shape index (κ1) is 16.2. The monoisotopic (exact) mass is 325 g/mol. The van der Waals surface area contributed by atoms with Crippen LogP contribution in [-0.2, 0) is 17.8 Å². The lowest BCUT2D eigenvalue weighted by Crippen LogP contribution is -2.23. The number of anilines is 2.